The molecule has 1 heterocycles. The van der Waals surface area contributed by atoms with E-state index >= 15 is 0 Å². The van der Waals surface area contributed by atoms with E-state index in [2.05, 4.69) is 0 Å². The minimum atomic E-state index is -0.846. The van der Waals surface area contributed by atoms with Gasteiger partial charge in [-0.25, -0.2) is 4.39 Å². The van der Waals surface area contributed by atoms with Crippen LogP contribution >= 0.6 is 11.6 Å². The summed E-state index contributed by atoms with van der Waals surface area (Å²) in [4.78, 5) is 13.7. The molecule has 1 amide bonds. The minimum Gasteiger partial charge on any atom is -0.382 e. The average molecular weight is 301 g/mol. The molecule has 0 aromatic heterocycles. The molecule has 20 heavy (non-hydrogen) atoms. The number of amides is 1. The summed E-state index contributed by atoms with van der Waals surface area (Å²) in [7, 11) is 1.53. The molecule has 1 aliphatic rings. The van der Waals surface area contributed by atoms with Crippen LogP contribution in [0.5, 0.6) is 0 Å². The first kappa shape index (κ1) is 15.2. The molecule has 1 saturated heterocycles. The van der Waals surface area contributed by atoms with Crippen molar-refractivity contribution in [2.45, 2.75) is 24.9 Å². The quantitative estimate of drug-likeness (QED) is 0.904. The van der Waals surface area contributed by atoms with Gasteiger partial charge in [0.15, 0.2) is 0 Å². The summed E-state index contributed by atoms with van der Waals surface area (Å²) in [6.07, 6.45) is 1.47. The number of methoxy groups -OCH3 is 1. The van der Waals surface area contributed by atoms with Crippen molar-refractivity contribution in [3.8, 4) is 0 Å². The highest BCUT2D eigenvalue weighted by Gasteiger charge is 2.46. The zero-order valence-electron chi connectivity index (χ0n) is 11.4. The van der Waals surface area contributed by atoms with Gasteiger partial charge < -0.3 is 10.5 Å². The Kier molecular flexibility index (Phi) is 4.62. The first-order valence-electron chi connectivity index (χ1n) is 6.47. The van der Waals surface area contributed by atoms with E-state index < -0.39 is 11.4 Å². The summed E-state index contributed by atoms with van der Waals surface area (Å²) >= 11 is 5.74. The number of carbonyl (C=O) groups excluding carboxylic acids is 1. The van der Waals surface area contributed by atoms with E-state index in [1.54, 1.807) is 12.1 Å². The van der Waals surface area contributed by atoms with Gasteiger partial charge in [0.25, 0.3) is 0 Å². The van der Waals surface area contributed by atoms with Gasteiger partial charge >= 0.3 is 0 Å². The van der Waals surface area contributed by atoms with Gasteiger partial charge in [0.1, 0.15) is 11.4 Å². The molecule has 1 aliphatic heterocycles. The second kappa shape index (κ2) is 6.08. The molecule has 2 rings (SSSR count). The molecule has 1 atom stereocenters. The predicted molar refractivity (Wildman–Crippen MR) is 74.9 cm³/mol. The van der Waals surface area contributed by atoms with E-state index in [1.165, 1.54) is 13.2 Å². The third kappa shape index (κ3) is 2.80. The molecule has 2 N–H and O–H groups in total. The van der Waals surface area contributed by atoms with Gasteiger partial charge in [0.2, 0.25) is 5.91 Å². The Balaban J connectivity index is 2.24. The fourth-order valence-corrected chi connectivity index (χ4v) is 2.93. The van der Waals surface area contributed by atoms with Crippen LogP contribution in [-0.2, 0) is 16.1 Å². The number of nitrogens with two attached hydrogens (primary N) is 1. The van der Waals surface area contributed by atoms with Crippen LogP contribution in [-0.4, -0.2) is 36.6 Å². The van der Waals surface area contributed by atoms with Crippen molar-refractivity contribution in [1.29, 1.82) is 0 Å². The molecule has 0 radical (unpaired) electrons. The lowest BCUT2D eigenvalue weighted by Crippen LogP contribution is -2.56. The molecule has 0 bridgehead atoms. The molecule has 4 nitrogen and oxygen atoms in total. The van der Waals surface area contributed by atoms with Crippen molar-refractivity contribution in [1.82, 2.24) is 4.90 Å². The first-order chi connectivity index (χ1) is 9.49. The van der Waals surface area contributed by atoms with E-state index in [9.17, 15) is 9.18 Å². The largest absolute Gasteiger partial charge is 0.382 e. The van der Waals surface area contributed by atoms with Crippen molar-refractivity contribution < 1.29 is 13.9 Å². The Hall–Kier alpha value is -1.17. The van der Waals surface area contributed by atoms with Crippen molar-refractivity contribution in [3.63, 3.8) is 0 Å². The maximum absolute atomic E-state index is 13.9. The van der Waals surface area contributed by atoms with Crippen LogP contribution in [0.2, 0.25) is 5.02 Å². The molecule has 1 unspecified atom stereocenters. The fourth-order valence-electron chi connectivity index (χ4n) is 2.77. The predicted octanol–water partition coefficient (Wildman–Crippen LogP) is 1.95. The normalized spacial score (nSPS) is 23.1. The first-order valence-corrected chi connectivity index (χ1v) is 6.85. The number of hydrogen-bond donors (Lipinski definition) is 1. The number of halogens is 2. The smallest absolute Gasteiger partial charge is 0.240 e. The molecular weight excluding hydrogens is 283 g/mol. The number of ether oxygens (including phenoxy) is 1. The highest BCUT2D eigenvalue weighted by molar-refractivity contribution is 6.30. The zero-order valence-corrected chi connectivity index (χ0v) is 12.1. The van der Waals surface area contributed by atoms with Crippen molar-refractivity contribution in [3.05, 3.63) is 34.6 Å². The summed E-state index contributed by atoms with van der Waals surface area (Å²) in [5.41, 5.74) is 5.20. The number of primary amides is 1. The van der Waals surface area contributed by atoms with Gasteiger partial charge in [-0.3, -0.25) is 9.69 Å². The molecule has 0 spiro atoms. The molecule has 110 valence electrons. The summed E-state index contributed by atoms with van der Waals surface area (Å²) < 4.78 is 19.0. The van der Waals surface area contributed by atoms with Crippen LogP contribution < -0.4 is 5.73 Å². The molecule has 1 fully saturated rings. The van der Waals surface area contributed by atoms with Crippen molar-refractivity contribution in [2.75, 3.05) is 20.3 Å². The number of carbonyl (C=O) groups is 1. The van der Waals surface area contributed by atoms with Gasteiger partial charge in [-0.15, -0.1) is 0 Å². The van der Waals surface area contributed by atoms with Gasteiger partial charge in [0, 0.05) is 24.2 Å². The second-order valence-corrected chi connectivity index (χ2v) is 5.53. The number of likely N-dealkylation sites (tertiary alicyclic amines) is 1. The molecule has 1 aromatic carbocycles. The van der Waals surface area contributed by atoms with Gasteiger partial charge in [-0.05, 0) is 31.5 Å². The fraction of sp³-hybridized carbons (Fsp3) is 0.500. The van der Waals surface area contributed by atoms with E-state index in [0.717, 1.165) is 6.42 Å². The summed E-state index contributed by atoms with van der Waals surface area (Å²) in [5, 5.41) is 0.353. The van der Waals surface area contributed by atoms with Gasteiger partial charge in [-0.1, -0.05) is 17.7 Å². The monoisotopic (exact) mass is 300 g/mol. The average Bonchev–Trinajstić information content (AvgIpc) is 2.77. The van der Waals surface area contributed by atoms with Crippen LogP contribution in [0.15, 0.2) is 18.2 Å². The topological polar surface area (TPSA) is 55.6 Å². The van der Waals surface area contributed by atoms with Gasteiger partial charge in [0.05, 0.1) is 6.61 Å². The van der Waals surface area contributed by atoms with Crippen LogP contribution in [0.25, 0.3) is 0 Å². The molecular formula is C14H18ClFN2O2. The number of benzene rings is 1. The van der Waals surface area contributed by atoms with E-state index in [4.69, 9.17) is 22.1 Å². The summed E-state index contributed by atoms with van der Waals surface area (Å²) in [6, 6.07) is 4.54. The Bertz CT molecular complexity index is 512. The molecule has 6 heteroatoms. The maximum atomic E-state index is 13.9. The van der Waals surface area contributed by atoms with Crippen LogP contribution in [0.1, 0.15) is 18.4 Å². The maximum Gasteiger partial charge on any atom is 0.240 e. The Labute approximate surface area is 122 Å². The lowest BCUT2D eigenvalue weighted by atomic mass is 9.95. The Morgan fingerprint density at radius 2 is 2.35 bits per heavy atom. The third-order valence-corrected chi connectivity index (χ3v) is 4.08. The Morgan fingerprint density at radius 3 is 2.95 bits per heavy atom. The minimum absolute atomic E-state index is 0.220. The Morgan fingerprint density at radius 1 is 1.60 bits per heavy atom. The van der Waals surface area contributed by atoms with E-state index in [1.807, 2.05) is 4.90 Å². The number of hydrogen-bond acceptors (Lipinski definition) is 3. The standard InChI is InChI=1S/C14H18ClFN2O2/c1-20-9-14(13(17)19)5-2-6-18(14)8-10-3-4-11(15)7-12(10)16/h3-4,7H,2,5-6,8-9H2,1H3,(H2,17,19). The lowest BCUT2D eigenvalue weighted by molar-refractivity contribution is -0.132. The molecule has 0 aliphatic carbocycles. The highest BCUT2D eigenvalue weighted by atomic mass is 35.5. The van der Waals surface area contributed by atoms with Crippen LogP contribution in [0.3, 0.4) is 0 Å². The summed E-state index contributed by atoms with van der Waals surface area (Å²) in [6.45, 7) is 1.22. The van der Waals surface area contributed by atoms with Crippen molar-refractivity contribution >= 4 is 17.5 Å². The van der Waals surface area contributed by atoms with Gasteiger partial charge in [-0.2, -0.15) is 0 Å². The summed E-state index contributed by atoms with van der Waals surface area (Å²) in [5.74, 6) is -0.800. The SMILES string of the molecule is COCC1(C(N)=O)CCCN1Cc1ccc(Cl)cc1F. The number of rotatable bonds is 5. The van der Waals surface area contributed by atoms with E-state index in [0.29, 0.717) is 30.1 Å². The third-order valence-electron chi connectivity index (χ3n) is 3.84. The van der Waals surface area contributed by atoms with Crippen molar-refractivity contribution in [2.24, 2.45) is 5.73 Å². The van der Waals surface area contributed by atoms with Crippen LogP contribution in [0, 0.1) is 5.82 Å². The zero-order chi connectivity index (χ0) is 14.8. The molecule has 1 aromatic rings. The lowest BCUT2D eigenvalue weighted by Gasteiger charge is -2.35. The number of nitrogens with zero attached hydrogens (tertiary/aromatic N) is 1. The molecule has 0 saturated carbocycles. The highest BCUT2D eigenvalue weighted by Crippen LogP contribution is 2.31. The van der Waals surface area contributed by atoms with E-state index in [-0.39, 0.29) is 12.4 Å². The second-order valence-electron chi connectivity index (χ2n) is 5.09. The van der Waals surface area contributed by atoms with Crippen LogP contribution in [0.4, 0.5) is 4.39 Å².